The monoisotopic (exact) mass is 462 g/mol. The zero-order valence-electron chi connectivity index (χ0n) is 16.1. The zero-order valence-corrected chi connectivity index (χ0v) is 18.5. The van der Waals surface area contributed by atoms with Crippen LogP contribution < -0.4 is 4.90 Å². The molecule has 5 nitrogen and oxygen atoms in total. The Balaban J connectivity index is 1.88. The predicted octanol–water partition coefficient (Wildman–Crippen LogP) is 4.61. The number of hydrogen-bond acceptors (Lipinski definition) is 4. The molecule has 1 saturated heterocycles. The van der Waals surface area contributed by atoms with Crippen LogP contribution in [0.15, 0.2) is 46.3 Å². The fraction of sp³-hybridized carbons (Fsp3) is 0.381. The molecule has 0 N–H and O–H groups in total. The summed E-state index contributed by atoms with van der Waals surface area (Å²) in [6.07, 6.45) is 0.324. The van der Waals surface area contributed by atoms with Gasteiger partial charge in [-0.25, -0.2) is 4.90 Å². The van der Waals surface area contributed by atoms with Gasteiger partial charge >= 0.3 is 0 Å². The summed E-state index contributed by atoms with van der Waals surface area (Å²) in [5.41, 5.74) is 0.321. The number of imide groups is 1. The molecule has 3 rings (SSSR count). The third-order valence-corrected chi connectivity index (χ3v) is 5.88. The van der Waals surface area contributed by atoms with Crippen molar-refractivity contribution in [2.75, 3.05) is 4.90 Å². The fourth-order valence-electron chi connectivity index (χ4n) is 3.22. The average molecular weight is 463 g/mol. The number of hydrogen-bond donors (Lipinski definition) is 0. The van der Waals surface area contributed by atoms with Crippen LogP contribution in [0.2, 0.25) is 0 Å². The van der Waals surface area contributed by atoms with Crippen molar-refractivity contribution in [1.82, 2.24) is 4.90 Å². The van der Waals surface area contributed by atoms with Gasteiger partial charge in [-0.15, -0.1) is 11.3 Å². The quantitative estimate of drug-likeness (QED) is 0.609. The molecule has 1 fully saturated rings. The standard InChI is InChI=1S/C21H23BrN2O3S/c1-21(2,3)12-19(26)23(13-16-5-4-10-28-16)17-11-18(25)24(20(17)27)15-8-6-14(22)7-9-15/h4-10,17H,11-13H2,1-3H3. The Morgan fingerprint density at radius 1 is 1.21 bits per heavy atom. The molecule has 1 atom stereocenters. The van der Waals surface area contributed by atoms with E-state index in [-0.39, 0.29) is 29.6 Å². The molecule has 2 aromatic rings. The number of halogens is 1. The number of thiophene rings is 1. The lowest BCUT2D eigenvalue weighted by atomic mass is 9.91. The van der Waals surface area contributed by atoms with E-state index in [2.05, 4.69) is 15.9 Å². The van der Waals surface area contributed by atoms with Gasteiger partial charge in [-0.3, -0.25) is 14.4 Å². The molecule has 148 valence electrons. The van der Waals surface area contributed by atoms with Gasteiger partial charge in [0.25, 0.3) is 5.91 Å². The topological polar surface area (TPSA) is 57.7 Å². The van der Waals surface area contributed by atoms with Crippen molar-refractivity contribution in [2.24, 2.45) is 5.41 Å². The van der Waals surface area contributed by atoms with E-state index >= 15 is 0 Å². The lowest BCUT2D eigenvalue weighted by Gasteiger charge is -2.30. The maximum atomic E-state index is 13.1. The summed E-state index contributed by atoms with van der Waals surface area (Å²) in [5.74, 6) is -0.729. The van der Waals surface area contributed by atoms with Gasteiger partial charge < -0.3 is 4.90 Å². The first-order valence-electron chi connectivity index (χ1n) is 9.10. The molecular weight excluding hydrogens is 440 g/mol. The number of rotatable bonds is 5. The Morgan fingerprint density at radius 3 is 2.46 bits per heavy atom. The largest absolute Gasteiger partial charge is 0.325 e. The molecule has 1 aliphatic rings. The van der Waals surface area contributed by atoms with Crippen molar-refractivity contribution in [3.05, 3.63) is 51.1 Å². The molecule has 2 heterocycles. The highest BCUT2D eigenvalue weighted by Crippen LogP contribution is 2.30. The van der Waals surface area contributed by atoms with Crippen molar-refractivity contribution in [2.45, 2.75) is 46.2 Å². The summed E-state index contributed by atoms with van der Waals surface area (Å²) >= 11 is 4.90. The van der Waals surface area contributed by atoms with Crippen molar-refractivity contribution in [3.8, 4) is 0 Å². The van der Waals surface area contributed by atoms with Gasteiger partial charge in [-0.05, 0) is 41.1 Å². The van der Waals surface area contributed by atoms with Crippen molar-refractivity contribution in [3.63, 3.8) is 0 Å². The van der Waals surface area contributed by atoms with Gasteiger partial charge in [0.15, 0.2) is 0 Å². The molecule has 0 aliphatic carbocycles. The maximum absolute atomic E-state index is 13.1. The van der Waals surface area contributed by atoms with E-state index in [4.69, 9.17) is 0 Å². The molecule has 0 radical (unpaired) electrons. The van der Waals surface area contributed by atoms with E-state index in [0.29, 0.717) is 18.7 Å². The molecule has 0 saturated carbocycles. The van der Waals surface area contributed by atoms with Crippen molar-refractivity contribution >= 4 is 50.7 Å². The predicted molar refractivity (Wildman–Crippen MR) is 114 cm³/mol. The van der Waals surface area contributed by atoms with E-state index in [9.17, 15) is 14.4 Å². The van der Waals surface area contributed by atoms with Gasteiger partial charge in [0, 0.05) is 15.8 Å². The summed E-state index contributed by atoms with van der Waals surface area (Å²) in [6, 6.07) is 10.1. The van der Waals surface area contributed by atoms with Crippen LogP contribution in [0.1, 0.15) is 38.5 Å². The zero-order chi connectivity index (χ0) is 20.5. The van der Waals surface area contributed by atoms with E-state index in [1.54, 1.807) is 29.2 Å². The minimum atomic E-state index is -0.770. The molecule has 1 unspecified atom stereocenters. The Labute approximate surface area is 177 Å². The van der Waals surface area contributed by atoms with E-state index in [1.807, 2.05) is 38.3 Å². The Morgan fingerprint density at radius 2 is 1.89 bits per heavy atom. The van der Waals surface area contributed by atoms with Crippen LogP contribution in [-0.4, -0.2) is 28.7 Å². The first-order chi connectivity index (χ1) is 13.2. The van der Waals surface area contributed by atoms with E-state index in [0.717, 1.165) is 9.35 Å². The number of amides is 3. The lowest BCUT2D eigenvalue weighted by molar-refractivity contribution is -0.140. The number of benzene rings is 1. The molecule has 1 aromatic heterocycles. The second-order valence-electron chi connectivity index (χ2n) is 8.10. The first kappa shape index (κ1) is 20.7. The average Bonchev–Trinajstić information content (AvgIpc) is 3.20. The smallest absolute Gasteiger partial charge is 0.257 e. The number of anilines is 1. The highest BCUT2D eigenvalue weighted by molar-refractivity contribution is 9.10. The van der Waals surface area contributed by atoms with Gasteiger partial charge in [0.05, 0.1) is 18.7 Å². The van der Waals surface area contributed by atoms with E-state index < -0.39 is 6.04 Å². The second kappa shape index (κ2) is 8.17. The highest BCUT2D eigenvalue weighted by Gasteiger charge is 2.44. The fourth-order valence-corrected chi connectivity index (χ4v) is 4.19. The summed E-state index contributed by atoms with van der Waals surface area (Å²) in [7, 11) is 0. The van der Waals surface area contributed by atoms with E-state index in [1.165, 1.54) is 16.2 Å². The summed E-state index contributed by atoms with van der Waals surface area (Å²) in [6.45, 7) is 6.31. The number of carbonyl (C=O) groups is 3. The van der Waals surface area contributed by atoms with Crippen LogP contribution in [0.3, 0.4) is 0 Å². The maximum Gasteiger partial charge on any atom is 0.257 e. The third-order valence-electron chi connectivity index (χ3n) is 4.49. The van der Waals surface area contributed by atoms with Crippen LogP contribution in [0.4, 0.5) is 5.69 Å². The Bertz CT molecular complexity index is 872. The minimum absolute atomic E-state index is 0.0101. The van der Waals surface area contributed by atoms with Crippen LogP contribution in [0.25, 0.3) is 0 Å². The molecular formula is C21H23BrN2O3S. The number of nitrogens with zero attached hydrogens (tertiary/aromatic N) is 2. The van der Waals surface area contributed by atoms with Crippen molar-refractivity contribution in [1.29, 1.82) is 0 Å². The van der Waals surface area contributed by atoms with Gasteiger partial charge in [-0.2, -0.15) is 0 Å². The molecule has 7 heteroatoms. The molecule has 3 amide bonds. The van der Waals surface area contributed by atoms with Crippen LogP contribution in [0.5, 0.6) is 0 Å². The Hall–Kier alpha value is -1.99. The molecule has 0 bridgehead atoms. The SMILES string of the molecule is CC(C)(C)CC(=O)N(Cc1cccs1)C1CC(=O)N(c2ccc(Br)cc2)C1=O. The molecule has 0 spiro atoms. The normalized spacial score (nSPS) is 17.3. The minimum Gasteiger partial charge on any atom is -0.325 e. The van der Waals surface area contributed by atoms with Crippen LogP contribution in [0, 0.1) is 5.41 Å². The summed E-state index contributed by atoms with van der Waals surface area (Å²) in [4.78, 5) is 42.6. The van der Waals surface area contributed by atoms with Crippen molar-refractivity contribution < 1.29 is 14.4 Å². The van der Waals surface area contributed by atoms with Crippen LogP contribution >= 0.6 is 27.3 Å². The lowest BCUT2D eigenvalue weighted by Crippen LogP contribution is -2.45. The third kappa shape index (κ3) is 4.70. The molecule has 1 aromatic carbocycles. The highest BCUT2D eigenvalue weighted by atomic mass is 79.9. The van der Waals surface area contributed by atoms with Gasteiger partial charge in [0.2, 0.25) is 11.8 Å². The molecule has 1 aliphatic heterocycles. The molecule has 28 heavy (non-hydrogen) atoms. The second-order valence-corrected chi connectivity index (χ2v) is 10.1. The number of carbonyl (C=O) groups excluding carboxylic acids is 3. The van der Waals surface area contributed by atoms with Gasteiger partial charge in [-0.1, -0.05) is 42.8 Å². The van der Waals surface area contributed by atoms with Gasteiger partial charge in [0.1, 0.15) is 6.04 Å². The summed E-state index contributed by atoms with van der Waals surface area (Å²) < 4.78 is 0.867. The van der Waals surface area contributed by atoms with Crippen LogP contribution in [-0.2, 0) is 20.9 Å². The first-order valence-corrected chi connectivity index (χ1v) is 10.8. The summed E-state index contributed by atoms with van der Waals surface area (Å²) in [5, 5.41) is 1.94. The Kier molecular flexibility index (Phi) is 6.05.